The number of ether oxygens (including phenoxy) is 2. The molecular weight excluding hydrogens is 446 g/mol. The molecule has 1 unspecified atom stereocenters. The molecule has 2 aromatic carbocycles. The lowest BCUT2D eigenvalue weighted by atomic mass is 9.95. The van der Waals surface area contributed by atoms with Crippen molar-refractivity contribution in [2.45, 2.75) is 51.4 Å². The number of nitrogens with zero attached hydrogens (tertiary/aromatic N) is 2. The van der Waals surface area contributed by atoms with Gasteiger partial charge in [-0.2, -0.15) is 0 Å². The van der Waals surface area contributed by atoms with Crippen LogP contribution in [0.5, 0.6) is 5.75 Å². The fourth-order valence-electron chi connectivity index (χ4n) is 4.86. The zero-order valence-corrected chi connectivity index (χ0v) is 20.7. The molecule has 1 atom stereocenters. The van der Waals surface area contributed by atoms with Crippen LogP contribution in [0.1, 0.15) is 53.0 Å². The summed E-state index contributed by atoms with van der Waals surface area (Å²) in [4.78, 5) is 43.3. The first kappa shape index (κ1) is 24.7. The molecule has 1 N–H and O–H groups in total. The van der Waals surface area contributed by atoms with Gasteiger partial charge in [-0.1, -0.05) is 18.2 Å². The van der Waals surface area contributed by atoms with Crippen LogP contribution < -0.4 is 10.1 Å². The summed E-state index contributed by atoms with van der Waals surface area (Å²) in [5.74, 6) is 0.106. The number of nitrogens with one attached hydrogen (secondary N) is 1. The Morgan fingerprint density at radius 3 is 2.29 bits per heavy atom. The maximum atomic E-state index is 13.7. The van der Waals surface area contributed by atoms with Gasteiger partial charge in [0.1, 0.15) is 17.5 Å². The highest BCUT2D eigenvalue weighted by molar-refractivity contribution is 5.99. The van der Waals surface area contributed by atoms with Gasteiger partial charge < -0.3 is 19.7 Å². The zero-order valence-electron chi connectivity index (χ0n) is 20.7. The highest BCUT2D eigenvalue weighted by Crippen LogP contribution is 2.39. The largest absolute Gasteiger partial charge is 0.497 e. The van der Waals surface area contributed by atoms with E-state index in [1.807, 2.05) is 45.0 Å². The van der Waals surface area contributed by atoms with Gasteiger partial charge >= 0.3 is 0 Å². The van der Waals surface area contributed by atoms with Crippen molar-refractivity contribution >= 4 is 17.7 Å². The molecule has 0 aliphatic carbocycles. The van der Waals surface area contributed by atoms with Gasteiger partial charge in [0.2, 0.25) is 5.91 Å². The molecule has 2 aromatic rings. The van der Waals surface area contributed by atoms with Crippen LogP contribution >= 0.6 is 0 Å². The average Bonchev–Trinajstić information content (AvgIpc) is 3.22. The van der Waals surface area contributed by atoms with Crippen molar-refractivity contribution in [1.82, 2.24) is 15.1 Å². The number of benzene rings is 2. The van der Waals surface area contributed by atoms with E-state index in [-0.39, 0.29) is 30.4 Å². The second kappa shape index (κ2) is 10.1. The quantitative estimate of drug-likeness (QED) is 0.712. The molecule has 2 heterocycles. The second-order valence-corrected chi connectivity index (χ2v) is 9.45. The Labute approximate surface area is 206 Å². The molecule has 0 aromatic heterocycles. The molecule has 35 heavy (non-hydrogen) atoms. The number of methoxy groups -OCH3 is 1. The van der Waals surface area contributed by atoms with Crippen LogP contribution in [0.2, 0.25) is 0 Å². The summed E-state index contributed by atoms with van der Waals surface area (Å²) in [6, 6.07) is 13.6. The summed E-state index contributed by atoms with van der Waals surface area (Å²) in [7, 11) is 1.57. The van der Waals surface area contributed by atoms with Crippen LogP contribution in [0, 0.1) is 6.92 Å². The summed E-state index contributed by atoms with van der Waals surface area (Å²) < 4.78 is 11.5. The summed E-state index contributed by atoms with van der Waals surface area (Å²) in [6.07, 6.45) is 0.857. The third-order valence-electron chi connectivity index (χ3n) is 6.76. The number of amides is 3. The molecule has 2 saturated heterocycles. The van der Waals surface area contributed by atoms with Crippen LogP contribution in [-0.4, -0.2) is 72.1 Å². The topological polar surface area (TPSA) is 88.2 Å². The van der Waals surface area contributed by atoms with Crippen LogP contribution in [0.25, 0.3) is 0 Å². The smallest absolute Gasteiger partial charge is 0.256 e. The van der Waals surface area contributed by atoms with Gasteiger partial charge in [0.15, 0.2) is 0 Å². The Bertz CT molecular complexity index is 1090. The number of likely N-dealkylation sites (tertiary alicyclic amines) is 1. The molecule has 2 aliphatic rings. The summed E-state index contributed by atoms with van der Waals surface area (Å²) in [6.45, 7) is 6.66. The molecule has 8 heteroatoms. The Hall–Kier alpha value is -3.39. The van der Waals surface area contributed by atoms with E-state index in [1.165, 1.54) is 0 Å². The van der Waals surface area contributed by atoms with E-state index in [1.54, 1.807) is 41.2 Å². The first-order valence-electron chi connectivity index (χ1n) is 12.0. The fourth-order valence-corrected chi connectivity index (χ4v) is 4.86. The first-order valence-corrected chi connectivity index (χ1v) is 12.0. The molecule has 3 amide bonds. The Kier molecular flexibility index (Phi) is 7.12. The molecule has 2 aliphatic heterocycles. The molecule has 8 nitrogen and oxygen atoms in total. The highest BCUT2D eigenvalue weighted by Gasteiger charge is 2.54. The molecule has 0 saturated carbocycles. The lowest BCUT2D eigenvalue weighted by molar-refractivity contribution is -0.128. The first-order chi connectivity index (χ1) is 16.8. The minimum absolute atomic E-state index is 0.0296. The molecule has 1 spiro atoms. The minimum atomic E-state index is -0.946. The molecular formula is C27H33N3O5. The third-order valence-corrected chi connectivity index (χ3v) is 6.76. The SMILES string of the molecule is COc1ccc(C(=O)N2C(C(=O)NC(C)C)COC23CCN(C(=O)c2ccccc2C)CC3)cc1. The number of piperidine rings is 1. The molecule has 0 bridgehead atoms. The van der Waals surface area contributed by atoms with Crippen molar-refractivity contribution in [3.8, 4) is 5.75 Å². The van der Waals surface area contributed by atoms with Crippen molar-refractivity contribution in [1.29, 1.82) is 0 Å². The number of carbonyl (C=O) groups is 3. The fraction of sp³-hybridized carbons (Fsp3) is 0.444. The molecule has 4 rings (SSSR count). The van der Waals surface area contributed by atoms with Crippen LogP contribution in [0.4, 0.5) is 0 Å². The lowest BCUT2D eigenvalue weighted by Gasteiger charge is -2.44. The van der Waals surface area contributed by atoms with Crippen LogP contribution in [0.3, 0.4) is 0 Å². The van der Waals surface area contributed by atoms with Crippen LogP contribution in [0.15, 0.2) is 48.5 Å². The molecule has 0 radical (unpaired) electrons. The Morgan fingerprint density at radius 2 is 1.69 bits per heavy atom. The van der Waals surface area contributed by atoms with Gasteiger partial charge in [-0.05, 0) is 56.7 Å². The molecule has 2 fully saturated rings. The van der Waals surface area contributed by atoms with E-state index >= 15 is 0 Å². The Morgan fingerprint density at radius 1 is 1.03 bits per heavy atom. The predicted molar refractivity (Wildman–Crippen MR) is 131 cm³/mol. The van der Waals surface area contributed by atoms with Crippen LogP contribution in [-0.2, 0) is 9.53 Å². The number of hydrogen-bond donors (Lipinski definition) is 1. The summed E-state index contributed by atoms with van der Waals surface area (Å²) >= 11 is 0. The number of carbonyl (C=O) groups excluding carboxylic acids is 3. The average molecular weight is 480 g/mol. The van der Waals surface area contributed by atoms with Gasteiger partial charge in [0, 0.05) is 43.1 Å². The normalized spacial score (nSPS) is 19.2. The third kappa shape index (κ3) is 4.89. The lowest BCUT2D eigenvalue weighted by Crippen LogP contribution is -2.60. The van der Waals surface area contributed by atoms with E-state index in [0.717, 1.165) is 5.56 Å². The zero-order chi connectivity index (χ0) is 25.2. The maximum absolute atomic E-state index is 13.7. The van der Waals surface area contributed by atoms with E-state index in [2.05, 4.69) is 5.32 Å². The van der Waals surface area contributed by atoms with Gasteiger partial charge in [0.05, 0.1) is 13.7 Å². The predicted octanol–water partition coefficient (Wildman–Crippen LogP) is 3.00. The van der Waals surface area contributed by atoms with Crippen molar-refractivity contribution in [3.63, 3.8) is 0 Å². The maximum Gasteiger partial charge on any atom is 0.256 e. The number of hydrogen-bond acceptors (Lipinski definition) is 5. The minimum Gasteiger partial charge on any atom is -0.497 e. The molecule has 186 valence electrons. The Balaban J connectivity index is 1.58. The van der Waals surface area contributed by atoms with Gasteiger partial charge in [0.25, 0.3) is 11.8 Å². The van der Waals surface area contributed by atoms with Gasteiger partial charge in [-0.15, -0.1) is 0 Å². The summed E-state index contributed by atoms with van der Waals surface area (Å²) in [5.41, 5.74) is 1.11. The monoisotopic (exact) mass is 479 g/mol. The van der Waals surface area contributed by atoms with E-state index < -0.39 is 11.8 Å². The van der Waals surface area contributed by atoms with E-state index in [9.17, 15) is 14.4 Å². The van der Waals surface area contributed by atoms with E-state index in [0.29, 0.717) is 42.8 Å². The standard InChI is InChI=1S/C27H33N3O5/c1-18(2)28-24(31)23-17-35-27(30(23)25(32)20-9-11-21(34-4)12-10-20)13-15-29(16-14-27)26(33)22-8-6-5-7-19(22)3/h5-12,18,23H,13-17H2,1-4H3,(H,28,31). The van der Waals surface area contributed by atoms with Crippen molar-refractivity contribution < 1.29 is 23.9 Å². The summed E-state index contributed by atoms with van der Waals surface area (Å²) in [5, 5.41) is 2.92. The van der Waals surface area contributed by atoms with Gasteiger partial charge in [-0.25, -0.2) is 0 Å². The van der Waals surface area contributed by atoms with Crippen molar-refractivity contribution in [2.75, 3.05) is 26.8 Å². The number of aryl methyl sites for hydroxylation is 1. The highest BCUT2D eigenvalue weighted by atomic mass is 16.5. The second-order valence-electron chi connectivity index (χ2n) is 9.45. The van der Waals surface area contributed by atoms with E-state index in [4.69, 9.17) is 9.47 Å². The van der Waals surface area contributed by atoms with Gasteiger partial charge in [-0.3, -0.25) is 19.3 Å². The van der Waals surface area contributed by atoms with Crippen molar-refractivity contribution in [3.05, 3.63) is 65.2 Å². The van der Waals surface area contributed by atoms with Crippen molar-refractivity contribution in [2.24, 2.45) is 0 Å². The number of rotatable bonds is 5.